The standard InChI is InChI=1S/C24H28F2N6.H2/c1-17-10-20(28-24-27-16-32(29-24)23-13-18(25)12-19(26)14-23)15-22(11-17)31-8-4-21(5-9-31)30-6-2-3-7-30;/h10-16,21H,2-9H2,1H3,(H,28,29);1H. The van der Waals surface area contributed by atoms with Crippen LogP contribution in [0, 0.1) is 18.6 Å². The van der Waals surface area contributed by atoms with Gasteiger partial charge in [-0.2, -0.15) is 4.98 Å². The van der Waals surface area contributed by atoms with Crippen molar-refractivity contribution in [3.05, 3.63) is 59.9 Å². The molecule has 8 heteroatoms. The summed E-state index contributed by atoms with van der Waals surface area (Å²) >= 11 is 0. The number of anilines is 3. The molecule has 0 saturated carbocycles. The number of hydrogen-bond acceptors (Lipinski definition) is 5. The molecule has 170 valence electrons. The van der Waals surface area contributed by atoms with E-state index < -0.39 is 11.6 Å². The van der Waals surface area contributed by atoms with Gasteiger partial charge >= 0.3 is 0 Å². The van der Waals surface area contributed by atoms with Crippen LogP contribution in [0.2, 0.25) is 0 Å². The van der Waals surface area contributed by atoms with Crippen LogP contribution in [0.3, 0.4) is 0 Å². The Morgan fingerprint density at radius 1 is 0.906 bits per heavy atom. The van der Waals surface area contributed by atoms with Crippen LogP contribution in [0.4, 0.5) is 26.1 Å². The van der Waals surface area contributed by atoms with E-state index in [2.05, 4.69) is 44.3 Å². The molecule has 0 spiro atoms. The van der Waals surface area contributed by atoms with Gasteiger partial charge in [0.2, 0.25) is 5.95 Å². The van der Waals surface area contributed by atoms with Crippen LogP contribution in [0.15, 0.2) is 42.7 Å². The van der Waals surface area contributed by atoms with Gasteiger partial charge in [0, 0.05) is 38.0 Å². The number of aromatic nitrogens is 3. The minimum absolute atomic E-state index is 0. The Labute approximate surface area is 188 Å². The summed E-state index contributed by atoms with van der Waals surface area (Å²) in [6.07, 6.45) is 6.52. The van der Waals surface area contributed by atoms with E-state index in [1.807, 2.05) is 6.07 Å². The summed E-state index contributed by atoms with van der Waals surface area (Å²) in [5.41, 5.74) is 3.52. The van der Waals surface area contributed by atoms with E-state index in [9.17, 15) is 8.78 Å². The first-order valence-corrected chi connectivity index (χ1v) is 11.3. The van der Waals surface area contributed by atoms with Crippen LogP contribution in [0.25, 0.3) is 5.69 Å². The zero-order valence-electron chi connectivity index (χ0n) is 18.3. The molecule has 0 aliphatic carbocycles. The highest BCUT2D eigenvalue weighted by atomic mass is 19.1. The van der Waals surface area contributed by atoms with Gasteiger partial charge in [0.05, 0.1) is 5.69 Å². The smallest absolute Gasteiger partial charge is 0.246 e. The van der Waals surface area contributed by atoms with Crippen molar-refractivity contribution in [1.82, 2.24) is 19.7 Å². The number of halogens is 2. The molecule has 3 heterocycles. The van der Waals surface area contributed by atoms with Crippen LogP contribution in [-0.2, 0) is 0 Å². The number of nitrogens with one attached hydrogen (secondary N) is 1. The second kappa shape index (κ2) is 8.86. The summed E-state index contributed by atoms with van der Waals surface area (Å²) in [6.45, 7) is 6.70. The maximum Gasteiger partial charge on any atom is 0.246 e. The third kappa shape index (κ3) is 4.60. The summed E-state index contributed by atoms with van der Waals surface area (Å²) in [6, 6.07) is 10.4. The third-order valence-electron chi connectivity index (χ3n) is 6.41. The van der Waals surface area contributed by atoms with Gasteiger partial charge in [-0.15, -0.1) is 5.10 Å². The Morgan fingerprint density at radius 3 is 2.34 bits per heavy atom. The molecule has 0 amide bonds. The van der Waals surface area contributed by atoms with E-state index in [1.165, 1.54) is 67.6 Å². The molecule has 6 nitrogen and oxygen atoms in total. The van der Waals surface area contributed by atoms with E-state index in [1.54, 1.807) is 0 Å². The molecule has 0 unspecified atom stereocenters. The molecule has 2 aliphatic rings. The first-order valence-electron chi connectivity index (χ1n) is 11.3. The van der Waals surface area contributed by atoms with Crippen LogP contribution in [0.5, 0.6) is 0 Å². The summed E-state index contributed by atoms with van der Waals surface area (Å²) in [4.78, 5) is 9.36. The summed E-state index contributed by atoms with van der Waals surface area (Å²) in [7, 11) is 0. The van der Waals surface area contributed by atoms with Crippen LogP contribution in [-0.4, -0.2) is 51.9 Å². The second-order valence-corrected chi connectivity index (χ2v) is 8.78. The third-order valence-corrected chi connectivity index (χ3v) is 6.41. The van der Waals surface area contributed by atoms with Crippen molar-refractivity contribution in [2.75, 3.05) is 36.4 Å². The van der Waals surface area contributed by atoms with Crippen LogP contribution >= 0.6 is 0 Å². The zero-order valence-corrected chi connectivity index (χ0v) is 18.3. The number of hydrogen-bond donors (Lipinski definition) is 1. The van der Waals surface area contributed by atoms with Gasteiger partial charge in [0.1, 0.15) is 18.0 Å². The largest absolute Gasteiger partial charge is 0.371 e. The average Bonchev–Trinajstić information content (AvgIpc) is 3.45. The van der Waals surface area contributed by atoms with Crippen molar-refractivity contribution in [2.24, 2.45) is 0 Å². The lowest BCUT2D eigenvalue weighted by Gasteiger charge is -2.38. The number of benzene rings is 2. The fourth-order valence-corrected chi connectivity index (χ4v) is 4.86. The number of likely N-dealkylation sites (tertiary alicyclic amines) is 1. The van der Waals surface area contributed by atoms with Crippen molar-refractivity contribution < 1.29 is 10.2 Å². The molecule has 2 aliphatic heterocycles. The lowest BCUT2D eigenvalue weighted by molar-refractivity contribution is 0.208. The molecule has 32 heavy (non-hydrogen) atoms. The van der Waals surface area contributed by atoms with Crippen LogP contribution < -0.4 is 10.2 Å². The fraction of sp³-hybridized carbons (Fsp3) is 0.417. The quantitative estimate of drug-likeness (QED) is 0.611. The molecular formula is C24H30F2N6. The average molecular weight is 441 g/mol. The van der Waals surface area contributed by atoms with Crippen molar-refractivity contribution >= 4 is 17.3 Å². The molecular weight excluding hydrogens is 410 g/mol. The monoisotopic (exact) mass is 440 g/mol. The number of rotatable bonds is 5. The predicted molar refractivity (Wildman–Crippen MR) is 124 cm³/mol. The Balaban J connectivity index is 0.00000259. The molecule has 0 radical (unpaired) electrons. The van der Waals surface area contributed by atoms with E-state index in [0.717, 1.165) is 36.4 Å². The first kappa shape index (κ1) is 20.9. The van der Waals surface area contributed by atoms with Crippen molar-refractivity contribution in [3.63, 3.8) is 0 Å². The van der Waals surface area contributed by atoms with Gasteiger partial charge in [0.25, 0.3) is 0 Å². The summed E-state index contributed by atoms with van der Waals surface area (Å²) in [5, 5.41) is 7.56. The Bertz CT molecular complexity index is 1070. The second-order valence-electron chi connectivity index (χ2n) is 8.78. The van der Waals surface area contributed by atoms with E-state index in [4.69, 9.17) is 0 Å². The normalized spacial score (nSPS) is 17.8. The van der Waals surface area contributed by atoms with Gasteiger partial charge < -0.3 is 15.1 Å². The fourth-order valence-electron chi connectivity index (χ4n) is 4.86. The molecule has 1 N–H and O–H groups in total. The number of piperidine rings is 1. The highest BCUT2D eigenvalue weighted by molar-refractivity contribution is 5.64. The van der Waals surface area contributed by atoms with Crippen LogP contribution in [0.1, 0.15) is 32.7 Å². The molecule has 2 aromatic carbocycles. The molecule has 2 fully saturated rings. The van der Waals surface area contributed by atoms with Gasteiger partial charge in [-0.3, -0.25) is 0 Å². The van der Waals surface area contributed by atoms with Crippen molar-refractivity contribution in [1.29, 1.82) is 0 Å². The van der Waals surface area contributed by atoms with Crippen molar-refractivity contribution in [3.8, 4) is 5.69 Å². The van der Waals surface area contributed by atoms with Gasteiger partial charge in [-0.1, -0.05) is 0 Å². The minimum atomic E-state index is -0.651. The van der Waals surface area contributed by atoms with Crippen molar-refractivity contribution in [2.45, 2.75) is 38.6 Å². The molecule has 0 atom stereocenters. The highest BCUT2D eigenvalue weighted by Crippen LogP contribution is 2.28. The highest BCUT2D eigenvalue weighted by Gasteiger charge is 2.26. The van der Waals surface area contributed by atoms with E-state index in [-0.39, 0.29) is 7.11 Å². The zero-order chi connectivity index (χ0) is 22.1. The SMILES string of the molecule is Cc1cc(Nc2ncn(-c3cc(F)cc(F)c3)n2)cc(N2CCC(N3CCCC3)CC2)c1.[HH]. The lowest BCUT2D eigenvalue weighted by atomic mass is 10.0. The summed E-state index contributed by atoms with van der Waals surface area (Å²) in [5.74, 6) is -0.928. The van der Waals surface area contributed by atoms with Gasteiger partial charge in [-0.05, 0) is 81.6 Å². The topological polar surface area (TPSA) is 49.2 Å². The molecule has 1 aromatic heterocycles. The maximum absolute atomic E-state index is 13.5. The predicted octanol–water partition coefficient (Wildman–Crippen LogP) is 4.91. The number of nitrogens with zero attached hydrogens (tertiary/aromatic N) is 5. The number of aryl methyl sites for hydroxylation is 1. The van der Waals surface area contributed by atoms with E-state index in [0.29, 0.717) is 5.95 Å². The Hall–Kier alpha value is -3.00. The molecule has 0 bridgehead atoms. The molecule has 5 rings (SSSR count). The maximum atomic E-state index is 13.5. The lowest BCUT2D eigenvalue weighted by Crippen LogP contribution is -2.43. The Kier molecular flexibility index (Phi) is 5.78. The first-order chi connectivity index (χ1) is 15.5. The van der Waals surface area contributed by atoms with Gasteiger partial charge in [-0.25, -0.2) is 13.5 Å². The molecule has 3 aromatic rings. The minimum Gasteiger partial charge on any atom is -0.371 e. The Morgan fingerprint density at radius 2 is 1.62 bits per heavy atom. The van der Waals surface area contributed by atoms with E-state index >= 15 is 0 Å². The van der Waals surface area contributed by atoms with Gasteiger partial charge in [0.15, 0.2) is 0 Å². The molecule has 2 saturated heterocycles. The summed E-state index contributed by atoms with van der Waals surface area (Å²) < 4.78 is 28.4.